The molecule has 3 rings (SSSR count). The quantitative estimate of drug-likeness (QED) is 0.677. The largest absolute Gasteiger partial charge is 0.444 e. The summed E-state index contributed by atoms with van der Waals surface area (Å²) in [4.78, 5) is 30.9. The number of nitrogens with zero attached hydrogens (tertiary/aromatic N) is 2. The Morgan fingerprint density at radius 1 is 1.34 bits per heavy atom. The molecular weight excluding hydrogens is 438 g/mol. The minimum Gasteiger partial charge on any atom is -0.444 e. The number of aromatic nitrogens is 1. The third-order valence-electron chi connectivity index (χ3n) is 5.70. The first-order chi connectivity index (χ1) is 13.5. The smallest absolute Gasteiger partial charge is 0.407 e. The molecule has 0 bridgehead atoms. The summed E-state index contributed by atoms with van der Waals surface area (Å²) in [5, 5.41) is 3.06. The molecule has 1 aromatic rings. The van der Waals surface area contributed by atoms with Gasteiger partial charge in [0.1, 0.15) is 11.3 Å². The molecule has 2 aliphatic heterocycles. The van der Waals surface area contributed by atoms with Crippen molar-refractivity contribution < 1.29 is 19.1 Å². The Hall–Kier alpha value is -1.67. The number of anilines is 1. The molecule has 1 aromatic heterocycles. The maximum Gasteiger partial charge on any atom is 0.407 e. The standard InChI is InChI=1S/C21H30BrN3O4/c1-13(26)17-16(10-15(22)11-23-17)25-8-6-21(7-9-25)12-28-14(2)18(21)24-19(27)29-20(3,4)5/h10-11,14,18H,6-9,12H2,1-5H3,(H,24,27)/t14-,18+/m0/s1. The summed E-state index contributed by atoms with van der Waals surface area (Å²) in [6, 6.07) is 1.85. The van der Waals surface area contributed by atoms with Crippen LogP contribution < -0.4 is 10.2 Å². The van der Waals surface area contributed by atoms with Gasteiger partial charge in [-0.25, -0.2) is 9.78 Å². The van der Waals surface area contributed by atoms with Gasteiger partial charge in [0.25, 0.3) is 0 Å². The lowest BCUT2D eigenvalue weighted by atomic mass is 9.73. The Morgan fingerprint density at radius 3 is 2.59 bits per heavy atom. The summed E-state index contributed by atoms with van der Waals surface area (Å²) in [7, 11) is 0. The maximum absolute atomic E-state index is 12.4. The van der Waals surface area contributed by atoms with Gasteiger partial charge in [0.05, 0.1) is 24.4 Å². The molecule has 1 N–H and O–H groups in total. The molecule has 0 saturated carbocycles. The number of Topliss-reactive ketones (excluding diaryl/α,β-unsaturated/α-hetero) is 1. The lowest BCUT2D eigenvalue weighted by molar-refractivity contribution is 0.0434. The Balaban J connectivity index is 1.73. The van der Waals surface area contributed by atoms with E-state index in [2.05, 4.69) is 31.1 Å². The van der Waals surface area contributed by atoms with Gasteiger partial charge in [0.2, 0.25) is 0 Å². The highest BCUT2D eigenvalue weighted by Gasteiger charge is 2.50. The molecule has 0 radical (unpaired) electrons. The van der Waals surface area contributed by atoms with Gasteiger partial charge < -0.3 is 19.7 Å². The van der Waals surface area contributed by atoms with E-state index in [-0.39, 0.29) is 23.3 Å². The summed E-state index contributed by atoms with van der Waals surface area (Å²) in [5.74, 6) is -0.0462. The van der Waals surface area contributed by atoms with E-state index in [4.69, 9.17) is 9.47 Å². The van der Waals surface area contributed by atoms with Crippen LogP contribution in [-0.4, -0.2) is 54.3 Å². The predicted octanol–water partition coefficient (Wildman–Crippen LogP) is 3.95. The molecule has 7 nitrogen and oxygen atoms in total. The molecule has 29 heavy (non-hydrogen) atoms. The highest BCUT2D eigenvalue weighted by atomic mass is 79.9. The monoisotopic (exact) mass is 467 g/mol. The second kappa shape index (κ2) is 8.22. The minimum atomic E-state index is -0.542. The van der Waals surface area contributed by atoms with Crippen LogP contribution in [0.3, 0.4) is 0 Å². The third kappa shape index (κ3) is 4.91. The van der Waals surface area contributed by atoms with Crippen molar-refractivity contribution in [2.75, 3.05) is 24.6 Å². The van der Waals surface area contributed by atoms with Crippen LogP contribution >= 0.6 is 15.9 Å². The molecule has 3 heterocycles. The van der Waals surface area contributed by atoms with Crippen molar-refractivity contribution in [2.45, 2.75) is 65.2 Å². The lowest BCUT2D eigenvalue weighted by Gasteiger charge is -2.43. The van der Waals surface area contributed by atoms with E-state index in [0.29, 0.717) is 12.3 Å². The number of alkyl carbamates (subject to hydrolysis) is 1. The Bertz CT molecular complexity index is 785. The van der Waals surface area contributed by atoms with Gasteiger partial charge >= 0.3 is 6.09 Å². The minimum absolute atomic E-state index is 0.0462. The van der Waals surface area contributed by atoms with Gasteiger partial charge in [0, 0.05) is 36.1 Å². The number of amides is 1. The van der Waals surface area contributed by atoms with E-state index in [0.717, 1.165) is 36.1 Å². The molecule has 1 spiro atoms. The van der Waals surface area contributed by atoms with Crippen molar-refractivity contribution in [1.29, 1.82) is 0 Å². The average molecular weight is 468 g/mol. The van der Waals surface area contributed by atoms with E-state index in [1.165, 1.54) is 0 Å². The van der Waals surface area contributed by atoms with Gasteiger partial charge in [-0.05, 0) is 62.5 Å². The van der Waals surface area contributed by atoms with Crippen molar-refractivity contribution in [3.05, 3.63) is 22.4 Å². The molecule has 0 unspecified atom stereocenters. The zero-order valence-electron chi connectivity index (χ0n) is 17.8. The van der Waals surface area contributed by atoms with Crippen molar-refractivity contribution in [1.82, 2.24) is 10.3 Å². The predicted molar refractivity (Wildman–Crippen MR) is 114 cm³/mol. The number of pyridine rings is 1. The van der Waals surface area contributed by atoms with Crippen LogP contribution in [-0.2, 0) is 9.47 Å². The number of carbonyl (C=O) groups excluding carboxylic acids is 2. The van der Waals surface area contributed by atoms with Crippen molar-refractivity contribution in [2.24, 2.45) is 5.41 Å². The number of carbonyl (C=O) groups is 2. The van der Waals surface area contributed by atoms with Gasteiger partial charge in [-0.1, -0.05) is 0 Å². The molecule has 2 saturated heterocycles. The fourth-order valence-corrected chi connectivity index (χ4v) is 4.59. The first kappa shape index (κ1) is 22.0. The van der Waals surface area contributed by atoms with Crippen molar-refractivity contribution in [3.63, 3.8) is 0 Å². The van der Waals surface area contributed by atoms with E-state index in [9.17, 15) is 9.59 Å². The summed E-state index contributed by atoms with van der Waals surface area (Å²) in [5.41, 5.74) is 0.664. The maximum atomic E-state index is 12.4. The first-order valence-electron chi connectivity index (χ1n) is 10.0. The summed E-state index contributed by atoms with van der Waals surface area (Å²) in [6.07, 6.45) is 2.87. The first-order valence-corrected chi connectivity index (χ1v) is 10.8. The zero-order valence-corrected chi connectivity index (χ0v) is 19.3. The van der Waals surface area contributed by atoms with Crippen LogP contribution in [0.15, 0.2) is 16.7 Å². The van der Waals surface area contributed by atoms with Gasteiger partial charge in [0.15, 0.2) is 5.78 Å². The Labute approximate surface area is 180 Å². The number of nitrogens with one attached hydrogen (secondary N) is 1. The molecule has 8 heteroatoms. The zero-order chi connectivity index (χ0) is 21.4. The molecule has 160 valence electrons. The average Bonchev–Trinajstić information content (AvgIpc) is 2.90. The van der Waals surface area contributed by atoms with Crippen molar-refractivity contribution >= 4 is 33.5 Å². The van der Waals surface area contributed by atoms with Gasteiger partial charge in [-0.3, -0.25) is 4.79 Å². The molecule has 0 aromatic carbocycles. The number of piperidine rings is 1. The SMILES string of the molecule is CC(=O)c1ncc(Br)cc1N1CCC2(CC1)CO[C@@H](C)[C@H]2NC(=O)OC(C)(C)C. The van der Waals surface area contributed by atoms with Crippen LogP contribution in [0.4, 0.5) is 10.5 Å². The highest BCUT2D eigenvalue weighted by Crippen LogP contribution is 2.43. The summed E-state index contributed by atoms with van der Waals surface area (Å²) in [6.45, 7) is 11.2. The topological polar surface area (TPSA) is 80.8 Å². The van der Waals surface area contributed by atoms with E-state index < -0.39 is 11.7 Å². The van der Waals surface area contributed by atoms with Crippen molar-refractivity contribution in [3.8, 4) is 0 Å². The summed E-state index contributed by atoms with van der Waals surface area (Å²) >= 11 is 3.46. The van der Waals surface area contributed by atoms with E-state index >= 15 is 0 Å². The third-order valence-corrected chi connectivity index (χ3v) is 6.14. The molecule has 2 fully saturated rings. The van der Waals surface area contributed by atoms with E-state index in [1.54, 1.807) is 13.1 Å². The van der Waals surface area contributed by atoms with E-state index in [1.807, 2.05) is 33.8 Å². The molecule has 1 amide bonds. The van der Waals surface area contributed by atoms with Crippen LogP contribution in [0.25, 0.3) is 0 Å². The molecular formula is C21H30BrN3O4. The highest BCUT2D eigenvalue weighted by molar-refractivity contribution is 9.10. The number of halogens is 1. The number of ketones is 1. The van der Waals surface area contributed by atoms with Crippen LogP contribution in [0.1, 0.15) is 57.9 Å². The van der Waals surface area contributed by atoms with Gasteiger partial charge in [-0.15, -0.1) is 0 Å². The fourth-order valence-electron chi connectivity index (χ4n) is 4.28. The second-order valence-corrected chi connectivity index (χ2v) is 9.98. The number of ether oxygens (including phenoxy) is 2. The molecule has 2 atom stereocenters. The normalized spacial score (nSPS) is 23.9. The number of hydrogen-bond donors (Lipinski definition) is 1. The molecule has 2 aliphatic rings. The number of rotatable bonds is 3. The van der Waals surface area contributed by atoms with Crippen LogP contribution in [0.2, 0.25) is 0 Å². The second-order valence-electron chi connectivity index (χ2n) is 9.07. The Kier molecular flexibility index (Phi) is 6.24. The number of hydrogen-bond acceptors (Lipinski definition) is 6. The fraction of sp³-hybridized carbons (Fsp3) is 0.667. The Morgan fingerprint density at radius 2 is 2.00 bits per heavy atom. The lowest BCUT2D eigenvalue weighted by Crippen LogP contribution is -2.55. The summed E-state index contributed by atoms with van der Waals surface area (Å²) < 4.78 is 12.3. The van der Waals surface area contributed by atoms with Crippen LogP contribution in [0, 0.1) is 5.41 Å². The molecule has 0 aliphatic carbocycles. The van der Waals surface area contributed by atoms with Gasteiger partial charge in [-0.2, -0.15) is 0 Å². The van der Waals surface area contributed by atoms with Crippen LogP contribution in [0.5, 0.6) is 0 Å².